The van der Waals surface area contributed by atoms with Gasteiger partial charge in [-0.25, -0.2) is 0 Å². The molecular weight excluding hydrogens is 361 g/mol. The van der Waals surface area contributed by atoms with E-state index in [2.05, 4.69) is 10.6 Å². The molecule has 0 saturated carbocycles. The summed E-state index contributed by atoms with van der Waals surface area (Å²) in [5.74, 6) is -0.608. The lowest BCUT2D eigenvalue weighted by molar-refractivity contribution is -0.184. The number of amides is 2. The highest BCUT2D eigenvalue weighted by Crippen LogP contribution is 2.25. The normalized spacial score (nSPS) is 21.6. The van der Waals surface area contributed by atoms with Crippen LogP contribution >= 0.6 is 12.4 Å². The molecule has 0 bridgehead atoms. The molecule has 25 heavy (non-hydrogen) atoms. The molecule has 2 aliphatic rings. The van der Waals surface area contributed by atoms with E-state index < -0.39 is 30.7 Å². The second kappa shape index (κ2) is 9.59. The van der Waals surface area contributed by atoms with Gasteiger partial charge in [0.1, 0.15) is 12.1 Å². The number of carbonyl (C=O) groups is 2. The molecule has 6 nitrogen and oxygen atoms in total. The molecule has 2 aliphatic heterocycles. The van der Waals surface area contributed by atoms with Crippen molar-refractivity contribution in [2.75, 3.05) is 39.3 Å². The molecule has 10 heteroatoms. The predicted octanol–water partition coefficient (Wildman–Crippen LogP) is 0.761. The van der Waals surface area contributed by atoms with Gasteiger partial charge in [-0.05, 0) is 12.8 Å². The molecule has 2 saturated heterocycles. The van der Waals surface area contributed by atoms with Gasteiger partial charge in [0.25, 0.3) is 0 Å². The predicted molar refractivity (Wildman–Crippen MR) is 89.6 cm³/mol. The van der Waals surface area contributed by atoms with Crippen molar-refractivity contribution in [3.63, 3.8) is 0 Å². The number of nitrogens with one attached hydrogen (secondary N) is 2. The average molecular weight is 387 g/mol. The van der Waals surface area contributed by atoms with E-state index in [4.69, 9.17) is 0 Å². The van der Waals surface area contributed by atoms with Crippen LogP contribution in [0.5, 0.6) is 0 Å². The summed E-state index contributed by atoms with van der Waals surface area (Å²) in [7, 11) is 0. The molecule has 0 spiro atoms. The van der Waals surface area contributed by atoms with E-state index >= 15 is 0 Å². The first-order chi connectivity index (χ1) is 11.3. The number of likely N-dealkylation sites (tertiary alicyclic amines) is 1. The van der Waals surface area contributed by atoms with Gasteiger partial charge < -0.3 is 15.5 Å². The Morgan fingerprint density at radius 3 is 2.40 bits per heavy atom. The lowest BCUT2D eigenvalue weighted by Gasteiger charge is -2.36. The van der Waals surface area contributed by atoms with Crippen LogP contribution in [0.15, 0.2) is 0 Å². The summed E-state index contributed by atoms with van der Waals surface area (Å²) in [4.78, 5) is 26.9. The van der Waals surface area contributed by atoms with Crippen LogP contribution < -0.4 is 10.6 Å². The van der Waals surface area contributed by atoms with Crippen molar-refractivity contribution in [3.05, 3.63) is 0 Å². The first kappa shape index (κ1) is 22.0. The van der Waals surface area contributed by atoms with Crippen LogP contribution in [-0.4, -0.2) is 79.1 Å². The molecule has 0 radical (unpaired) electrons. The van der Waals surface area contributed by atoms with E-state index in [1.54, 1.807) is 6.92 Å². The second-order valence-electron chi connectivity index (χ2n) is 6.20. The van der Waals surface area contributed by atoms with Crippen LogP contribution in [0, 0.1) is 0 Å². The Labute approximate surface area is 151 Å². The topological polar surface area (TPSA) is 64.7 Å². The maximum Gasteiger partial charge on any atom is 0.405 e. The first-order valence-electron chi connectivity index (χ1n) is 8.43. The average Bonchev–Trinajstić information content (AvgIpc) is 2.94. The van der Waals surface area contributed by atoms with Gasteiger partial charge in [0.05, 0.1) is 0 Å². The van der Waals surface area contributed by atoms with E-state index in [9.17, 15) is 22.8 Å². The van der Waals surface area contributed by atoms with Crippen molar-refractivity contribution >= 4 is 24.2 Å². The van der Waals surface area contributed by atoms with Crippen molar-refractivity contribution in [1.29, 1.82) is 0 Å². The molecule has 0 aromatic carbocycles. The monoisotopic (exact) mass is 386 g/mol. The minimum absolute atomic E-state index is 0. The van der Waals surface area contributed by atoms with Crippen LogP contribution in [0.25, 0.3) is 0 Å². The zero-order chi connectivity index (χ0) is 17.7. The molecule has 0 aliphatic carbocycles. The number of hydrogen-bond donors (Lipinski definition) is 2. The summed E-state index contributed by atoms with van der Waals surface area (Å²) in [6.07, 6.45) is -2.93. The van der Waals surface area contributed by atoms with E-state index in [1.807, 2.05) is 0 Å². The number of carbonyl (C=O) groups excluding carboxylic acids is 2. The Balaban J connectivity index is 0.00000312. The fraction of sp³-hybridized carbons (Fsp3) is 0.867. The van der Waals surface area contributed by atoms with E-state index in [0.717, 1.165) is 0 Å². The highest BCUT2D eigenvalue weighted by molar-refractivity contribution is 5.88. The SMILES string of the molecule is CCC(C(=O)NCC(N1CCNCC1)C(F)(F)F)N1CCCC1=O.Cl. The van der Waals surface area contributed by atoms with Crippen molar-refractivity contribution in [3.8, 4) is 0 Å². The third kappa shape index (κ3) is 5.72. The Hall–Kier alpha value is -1.06. The first-order valence-corrected chi connectivity index (χ1v) is 8.43. The Morgan fingerprint density at radius 1 is 1.28 bits per heavy atom. The van der Waals surface area contributed by atoms with Gasteiger partial charge in [-0.15, -0.1) is 12.4 Å². The van der Waals surface area contributed by atoms with Gasteiger partial charge in [0.2, 0.25) is 11.8 Å². The second-order valence-corrected chi connectivity index (χ2v) is 6.20. The largest absolute Gasteiger partial charge is 0.405 e. The van der Waals surface area contributed by atoms with Gasteiger partial charge in [0.15, 0.2) is 0 Å². The van der Waals surface area contributed by atoms with Gasteiger partial charge >= 0.3 is 6.18 Å². The van der Waals surface area contributed by atoms with Gasteiger partial charge in [0, 0.05) is 45.7 Å². The molecule has 2 unspecified atom stereocenters. The third-order valence-corrected chi connectivity index (χ3v) is 4.62. The number of halogens is 4. The number of alkyl halides is 3. The van der Waals surface area contributed by atoms with Crippen LogP contribution in [0.4, 0.5) is 13.2 Å². The number of hydrogen-bond acceptors (Lipinski definition) is 4. The number of rotatable bonds is 6. The van der Waals surface area contributed by atoms with E-state index in [1.165, 1.54) is 9.80 Å². The molecule has 2 fully saturated rings. The number of nitrogens with zero attached hydrogens (tertiary/aromatic N) is 2. The lowest BCUT2D eigenvalue weighted by Crippen LogP contribution is -2.58. The molecule has 2 atom stereocenters. The fourth-order valence-corrected chi connectivity index (χ4v) is 3.31. The standard InChI is InChI=1S/C15H25F3N4O2.ClH/c1-2-11(22-7-3-4-13(22)23)14(24)20-10-12(15(16,17)18)21-8-5-19-6-9-21;/h11-12,19H,2-10H2,1H3,(H,20,24);1H. The maximum absolute atomic E-state index is 13.3. The van der Waals surface area contributed by atoms with Crippen molar-refractivity contribution in [2.45, 2.75) is 44.4 Å². The number of piperazine rings is 1. The van der Waals surface area contributed by atoms with Gasteiger partial charge in [-0.2, -0.15) is 13.2 Å². The molecule has 0 aromatic heterocycles. The zero-order valence-corrected chi connectivity index (χ0v) is 15.1. The smallest absolute Gasteiger partial charge is 0.352 e. The molecule has 146 valence electrons. The summed E-state index contributed by atoms with van der Waals surface area (Å²) in [5, 5.41) is 5.43. The summed E-state index contributed by atoms with van der Waals surface area (Å²) >= 11 is 0. The minimum atomic E-state index is -4.41. The van der Waals surface area contributed by atoms with Crippen molar-refractivity contribution in [1.82, 2.24) is 20.4 Å². The Morgan fingerprint density at radius 2 is 1.92 bits per heavy atom. The quantitative estimate of drug-likeness (QED) is 0.707. The molecule has 2 N–H and O–H groups in total. The Bertz CT molecular complexity index is 459. The van der Waals surface area contributed by atoms with Crippen LogP contribution in [0.1, 0.15) is 26.2 Å². The lowest BCUT2D eigenvalue weighted by atomic mass is 10.1. The zero-order valence-electron chi connectivity index (χ0n) is 14.3. The van der Waals surface area contributed by atoms with Crippen LogP contribution in [-0.2, 0) is 9.59 Å². The molecule has 2 heterocycles. The summed E-state index contributed by atoms with van der Waals surface area (Å²) in [6, 6.07) is -2.38. The highest BCUT2D eigenvalue weighted by Gasteiger charge is 2.44. The summed E-state index contributed by atoms with van der Waals surface area (Å²) < 4.78 is 40.0. The van der Waals surface area contributed by atoms with E-state index in [0.29, 0.717) is 52.0 Å². The molecule has 2 rings (SSSR count). The molecule has 0 aromatic rings. The van der Waals surface area contributed by atoms with Crippen LogP contribution in [0.2, 0.25) is 0 Å². The minimum Gasteiger partial charge on any atom is -0.352 e. The summed E-state index contributed by atoms with van der Waals surface area (Å²) in [5.41, 5.74) is 0. The van der Waals surface area contributed by atoms with Crippen molar-refractivity contribution in [2.24, 2.45) is 0 Å². The molecule has 2 amide bonds. The Kier molecular flexibility index (Phi) is 8.43. The molecular formula is C15H26ClF3N4O2. The van der Waals surface area contributed by atoms with E-state index in [-0.39, 0.29) is 18.3 Å². The van der Waals surface area contributed by atoms with Crippen LogP contribution in [0.3, 0.4) is 0 Å². The fourth-order valence-electron chi connectivity index (χ4n) is 3.31. The highest BCUT2D eigenvalue weighted by atomic mass is 35.5. The third-order valence-electron chi connectivity index (χ3n) is 4.62. The van der Waals surface area contributed by atoms with Crippen molar-refractivity contribution < 1.29 is 22.8 Å². The summed E-state index contributed by atoms with van der Waals surface area (Å²) in [6.45, 7) is 3.35. The van der Waals surface area contributed by atoms with Gasteiger partial charge in [-0.1, -0.05) is 6.92 Å². The maximum atomic E-state index is 13.3. The van der Waals surface area contributed by atoms with Gasteiger partial charge in [-0.3, -0.25) is 14.5 Å².